The Morgan fingerprint density at radius 1 is 0.933 bits per heavy atom. The highest BCUT2D eigenvalue weighted by Crippen LogP contribution is 2.24. The Hall–Kier alpha value is -0.850. The maximum atomic E-state index is 12.5. The zero-order chi connectivity index (χ0) is 12.2. The van der Waals surface area contributed by atoms with Gasteiger partial charge in [0.1, 0.15) is 0 Å². The summed E-state index contributed by atoms with van der Waals surface area (Å²) in [6, 6.07) is -0.929. The third-order valence-electron chi connectivity index (χ3n) is 1.46. The SMILES string of the molecule is CC(C)N(SN(C(=O)F)C(C)C)C(=O)F. The van der Waals surface area contributed by atoms with Gasteiger partial charge in [0.05, 0.1) is 12.1 Å². The maximum Gasteiger partial charge on any atom is 0.411 e. The Labute approximate surface area is 91.9 Å². The highest BCUT2D eigenvalue weighted by molar-refractivity contribution is 7.95. The second-order valence-corrected chi connectivity index (χ2v) is 4.38. The molecule has 7 heteroatoms. The molecule has 15 heavy (non-hydrogen) atoms. The zero-order valence-electron chi connectivity index (χ0n) is 9.03. The minimum atomic E-state index is -1.71. The molecule has 0 aliphatic heterocycles. The van der Waals surface area contributed by atoms with Crippen LogP contribution >= 0.6 is 12.1 Å². The second-order valence-electron chi connectivity index (χ2n) is 3.43. The second kappa shape index (κ2) is 5.89. The third kappa shape index (κ3) is 4.46. The van der Waals surface area contributed by atoms with E-state index in [1.807, 2.05) is 0 Å². The van der Waals surface area contributed by atoms with Crippen LogP contribution in [0.1, 0.15) is 27.7 Å². The van der Waals surface area contributed by atoms with Crippen LogP contribution in [-0.4, -0.2) is 33.0 Å². The quantitative estimate of drug-likeness (QED) is 0.430. The van der Waals surface area contributed by atoms with Gasteiger partial charge in [0, 0.05) is 12.1 Å². The van der Waals surface area contributed by atoms with Gasteiger partial charge in [-0.1, -0.05) is 0 Å². The Morgan fingerprint density at radius 2 is 1.20 bits per heavy atom. The van der Waals surface area contributed by atoms with E-state index in [0.717, 1.165) is 0 Å². The molecule has 2 amide bonds. The molecule has 0 fully saturated rings. The molecule has 0 aromatic rings. The molecular weight excluding hydrogens is 226 g/mol. The van der Waals surface area contributed by atoms with Gasteiger partial charge < -0.3 is 0 Å². The average Bonchev–Trinajstić information content (AvgIpc) is 2.01. The van der Waals surface area contributed by atoms with Crippen molar-refractivity contribution in [2.24, 2.45) is 0 Å². The number of amides is 2. The molecular formula is C8H14F2N2O2S. The van der Waals surface area contributed by atoms with Crippen molar-refractivity contribution in [3.63, 3.8) is 0 Å². The van der Waals surface area contributed by atoms with Crippen LogP contribution in [0.2, 0.25) is 0 Å². The maximum absolute atomic E-state index is 12.5. The van der Waals surface area contributed by atoms with Crippen LogP contribution < -0.4 is 0 Å². The summed E-state index contributed by atoms with van der Waals surface area (Å²) in [6.07, 6.45) is -3.41. The van der Waals surface area contributed by atoms with Crippen LogP contribution in [0.15, 0.2) is 0 Å². The summed E-state index contributed by atoms with van der Waals surface area (Å²) in [5, 5.41) is 0. The van der Waals surface area contributed by atoms with Crippen molar-refractivity contribution in [2.75, 3.05) is 0 Å². The molecule has 0 spiro atoms. The van der Waals surface area contributed by atoms with E-state index in [9.17, 15) is 18.4 Å². The van der Waals surface area contributed by atoms with E-state index >= 15 is 0 Å². The molecule has 0 aliphatic carbocycles. The third-order valence-corrected chi connectivity index (χ3v) is 2.94. The summed E-state index contributed by atoms with van der Waals surface area (Å²) in [7, 11) is 0. The molecule has 0 rings (SSSR count). The van der Waals surface area contributed by atoms with Gasteiger partial charge in [0.2, 0.25) is 0 Å². The molecule has 0 N–H and O–H groups in total. The summed E-state index contributed by atoms with van der Waals surface area (Å²) in [5.74, 6) is 0. The van der Waals surface area contributed by atoms with Crippen molar-refractivity contribution in [1.82, 2.24) is 8.61 Å². The van der Waals surface area contributed by atoms with Crippen LogP contribution in [0.3, 0.4) is 0 Å². The first-order valence-corrected chi connectivity index (χ1v) is 5.15. The molecule has 0 saturated carbocycles. The highest BCUT2D eigenvalue weighted by Gasteiger charge is 2.26. The van der Waals surface area contributed by atoms with Crippen LogP contribution in [0.4, 0.5) is 18.4 Å². The van der Waals surface area contributed by atoms with Gasteiger partial charge in [-0.05, 0) is 27.7 Å². The molecule has 4 nitrogen and oxygen atoms in total. The number of carbonyl (C=O) groups is 2. The Bertz CT molecular complexity index is 225. The monoisotopic (exact) mass is 240 g/mol. The summed E-state index contributed by atoms with van der Waals surface area (Å²) in [4.78, 5) is 21.1. The lowest BCUT2D eigenvalue weighted by atomic mass is 10.4. The van der Waals surface area contributed by atoms with Gasteiger partial charge in [-0.15, -0.1) is 8.78 Å². The lowest BCUT2D eigenvalue weighted by Gasteiger charge is -2.28. The summed E-state index contributed by atoms with van der Waals surface area (Å²) in [5.41, 5.74) is 0. The minimum Gasteiger partial charge on any atom is -0.237 e. The fourth-order valence-corrected chi connectivity index (χ4v) is 1.45. The Balaban J connectivity index is 4.62. The number of carbonyl (C=O) groups excluding carboxylic acids is 2. The number of hydrogen-bond acceptors (Lipinski definition) is 3. The van der Waals surface area contributed by atoms with Crippen molar-refractivity contribution in [3.05, 3.63) is 0 Å². The van der Waals surface area contributed by atoms with Crippen molar-refractivity contribution < 1.29 is 18.4 Å². The van der Waals surface area contributed by atoms with E-state index in [-0.39, 0.29) is 0 Å². The van der Waals surface area contributed by atoms with Gasteiger partial charge in [-0.3, -0.25) is 0 Å². The summed E-state index contributed by atoms with van der Waals surface area (Å²) < 4.78 is 26.4. The normalized spacial score (nSPS) is 10.7. The topological polar surface area (TPSA) is 40.6 Å². The molecule has 0 atom stereocenters. The van der Waals surface area contributed by atoms with E-state index in [2.05, 4.69) is 0 Å². The van der Waals surface area contributed by atoms with Crippen molar-refractivity contribution in [2.45, 2.75) is 39.8 Å². The lowest BCUT2D eigenvalue weighted by molar-refractivity contribution is 0.189. The number of nitrogens with zero attached hydrogens (tertiary/aromatic N) is 2. The van der Waals surface area contributed by atoms with Crippen LogP contribution in [-0.2, 0) is 0 Å². The van der Waals surface area contributed by atoms with Crippen LogP contribution in [0.5, 0.6) is 0 Å². The Kier molecular flexibility index (Phi) is 5.56. The van der Waals surface area contributed by atoms with Crippen molar-refractivity contribution in [3.8, 4) is 0 Å². The number of hydrogen-bond donors (Lipinski definition) is 0. The highest BCUT2D eigenvalue weighted by atomic mass is 32.2. The molecule has 0 heterocycles. The van der Waals surface area contributed by atoms with E-state index in [1.54, 1.807) is 27.7 Å². The first kappa shape index (κ1) is 14.2. The minimum absolute atomic E-state index is 0.440. The van der Waals surface area contributed by atoms with E-state index in [0.29, 0.717) is 20.7 Å². The van der Waals surface area contributed by atoms with E-state index < -0.39 is 24.4 Å². The molecule has 0 unspecified atom stereocenters. The predicted octanol–water partition coefficient (Wildman–Crippen LogP) is 3.15. The Morgan fingerprint density at radius 3 is 1.33 bits per heavy atom. The van der Waals surface area contributed by atoms with Gasteiger partial charge in [0.25, 0.3) is 0 Å². The smallest absolute Gasteiger partial charge is 0.237 e. The zero-order valence-corrected chi connectivity index (χ0v) is 9.85. The molecule has 0 aromatic carbocycles. The standard InChI is InChI=1S/C8H14F2N2O2S/c1-5(2)11(7(9)13)15-12(6(3)4)8(10)14/h5-6H,1-4H3. The summed E-state index contributed by atoms with van der Waals surface area (Å²) in [6.45, 7) is 6.24. The van der Waals surface area contributed by atoms with Crippen LogP contribution in [0, 0.1) is 0 Å². The fraction of sp³-hybridized carbons (Fsp3) is 0.750. The largest absolute Gasteiger partial charge is 0.411 e. The molecule has 0 aliphatic rings. The first-order chi connectivity index (χ1) is 6.77. The molecule has 0 bridgehead atoms. The van der Waals surface area contributed by atoms with Gasteiger partial charge in [0.15, 0.2) is 0 Å². The van der Waals surface area contributed by atoms with E-state index in [4.69, 9.17) is 0 Å². The van der Waals surface area contributed by atoms with Gasteiger partial charge in [-0.25, -0.2) is 18.2 Å². The molecule has 88 valence electrons. The summed E-state index contributed by atoms with van der Waals surface area (Å²) >= 11 is 0.440. The first-order valence-electron chi connectivity index (χ1n) is 4.42. The lowest BCUT2D eigenvalue weighted by Crippen LogP contribution is -2.36. The van der Waals surface area contributed by atoms with Gasteiger partial charge >= 0.3 is 12.3 Å². The fourth-order valence-electron chi connectivity index (χ4n) is 0.754. The van der Waals surface area contributed by atoms with Crippen LogP contribution in [0.25, 0.3) is 0 Å². The molecule has 0 saturated heterocycles. The number of rotatable bonds is 4. The number of halogens is 2. The van der Waals surface area contributed by atoms with E-state index in [1.165, 1.54) is 0 Å². The van der Waals surface area contributed by atoms with Crippen molar-refractivity contribution >= 4 is 24.5 Å². The molecule has 0 radical (unpaired) electrons. The van der Waals surface area contributed by atoms with Crippen molar-refractivity contribution in [1.29, 1.82) is 0 Å². The van der Waals surface area contributed by atoms with Gasteiger partial charge in [-0.2, -0.15) is 0 Å². The average molecular weight is 240 g/mol. The predicted molar refractivity (Wildman–Crippen MR) is 54.5 cm³/mol. The molecule has 0 aromatic heterocycles.